The molecule has 0 fully saturated rings. The lowest BCUT2D eigenvalue weighted by molar-refractivity contribution is 0.103. The first-order valence-electron chi connectivity index (χ1n) is 6.11. The molecule has 0 aliphatic rings. The van der Waals surface area contributed by atoms with Crippen LogP contribution in [-0.2, 0) is 0 Å². The van der Waals surface area contributed by atoms with E-state index >= 15 is 0 Å². The SMILES string of the molecule is COc1ccc(C(=O)c2ccccc2OC)c(OC)c1. The van der Waals surface area contributed by atoms with Gasteiger partial charge in [-0.15, -0.1) is 0 Å². The van der Waals surface area contributed by atoms with Gasteiger partial charge in [0.15, 0.2) is 5.78 Å². The molecule has 0 aliphatic carbocycles. The molecule has 0 amide bonds. The summed E-state index contributed by atoms with van der Waals surface area (Å²) in [5, 5.41) is 0. The zero-order valence-electron chi connectivity index (χ0n) is 11.7. The summed E-state index contributed by atoms with van der Waals surface area (Å²) in [6.45, 7) is 0. The predicted octanol–water partition coefficient (Wildman–Crippen LogP) is 2.94. The first kappa shape index (κ1) is 13.9. The zero-order valence-corrected chi connectivity index (χ0v) is 11.7. The van der Waals surface area contributed by atoms with Crippen LogP contribution in [0.2, 0.25) is 0 Å². The standard InChI is InChI=1S/C16H16O4/c1-18-11-8-9-13(15(10-11)20-3)16(17)12-6-4-5-7-14(12)19-2/h4-10H,1-3H3. The fraction of sp³-hybridized carbons (Fsp3) is 0.188. The molecule has 0 unspecified atom stereocenters. The van der Waals surface area contributed by atoms with Gasteiger partial charge in [0, 0.05) is 6.07 Å². The maximum absolute atomic E-state index is 12.6. The van der Waals surface area contributed by atoms with E-state index in [1.807, 2.05) is 6.07 Å². The van der Waals surface area contributed by atoms with Crippen molar-refractivity contribution in [2.75, 3.05) is 21.3 Å². The van der Waals surface area contributed by atoms with Gasteiger partial charge in [0.1, 0.15) is 17.2 Å². The molecule has 2 aromatic carbocycles. The Labute approximate surface area is 117 Å². The van der Waals surface area contributed by atoms with E-state index in [9.17, 15) is 4.79 Å². The van der Waals surface area contributed by atoms with Crippen LogP contribution in [-0.4, -0.2) is 27.1 Å². The Bertz CT molecular complexity index is 620. The molecule has 4 nitrogen and oxygen atoms in total. The van der Waals surface area contributed by atoms with Gasteiger partial charge in [-0.05, 0) is 24.3 Å². The molecule has 0 spiro atoms. The van der Waals surface area contributed by atoms with E-state index in [0.717, 1.165) is 0 Å². The lowest BCUT2D eigenvalue weighted by Gasteiger charge is -2.11. The molecule has 0 heterocycles. The fourth-order valence-electron chi connectivity index (χ4n) is 1.96. The van der Waals surface area contributed by atoms with Crippen molar-refractivity contribution in [1.82, 2.24) is 0 Å². The number of ketones is 1. The summed E-state index contributed by atoms with van der Waals surface area (Å²) in [5.41, 5.74) is 0.969. The maximum atomic E-state index is 12.6. The van der Waals surface area contributed by atoms with E-state index in [1.54, 1.807) is 43.5 Å². The summed E-state index contributed by atoms with van der Waals surface area (Å²) in [4.78, 5) is 12.6. The highest BCUT2D eigenvalue weighted by Gasteiger charge is 2.18. The number of ether oxygens (including phenoxy) is 3. The fourth-order valence-corrected chi connectivity index (χ4v) is 1.96. The second-order valence-electron chi connectivity index (χ2n) is 4.10. The van der Waals surface area contributed by atoms with Crippen molar-refractivity contribution in [1.29, 1.82) is 0 Å². The van der Waals surface area contributed by atoms with Crippen LogP contribution in [0, 0.1) is 0 Å². The molecule has 104 valence electrons. The number of hydrogen-bond acceptors (Lipinski definition) is 4. The summed E-state index contributed by atoms with van der Waals surface area (Å²) in [6, 6.07) is 12.2. The quantitative estimate of drug-likeness (QED) is 0.785. The third kappa shape index (κ3) is 2.59. The Balaban J connectivity index is 2.48. The van der Waals surface area contributed by atoms with Crippen molar-refractivity contribution in [3.05, 3.63) is 53.6 Å². The van der Waals surface area contributed by atoms with Gasteiger partial charge >= 0.3 is 0 Å². The highest BCUT2D eigenvalue weighted by molar-refractivity contribution is 6.12. The number of hydrogen-bond donors (Lipinski definition) is 0. The van der Waals surface area contributed by atoms with Crippen LogP contribution >= 0.6 is 0 Å². The highest BCUT2D eigenvalue weighted by atomic mass is 16.5. The molecule has 0 aliphatic heterocycles. The smallest absolute Gasteiger partial charge is 0.200 e. The van der Waals surface area contributed by atoms with Crippen molar-refractivity contribution >= 4 is 5.78 Å². The Morgan fingerprint density at radius 1 is 0.800 bits per heavy atom. The van der Waals surface area contributed by atoms with Crippen LogP contribution in [0.3, 0.4) is 0 Å². The molecular formula is C16H16O4. The summed E-state index contributed by atoms with van der Waals surface area (Å²) >= 11 is 0. The monoisotopic (exact) mass is 272 g/mol. The third-order valence-corrected chi connectivity index (χ3v) is 3.00. The number of methoxy groups -OCH3 is 3. The Hall–Kier alpha value is -2.49. The zero-order chi connectivity index (χ0) is 14.5. The van der Waals surface area contributed by atoms with Crippen LogP contribution < -0.4 is 14.2 Å². The van der Waals surface area contributed by atoms with E-state index in [1.165, 1.54) is 14.2 Å². The van der Waals surface area contributed by atoms with E-state index in [4.69, 9.17) is 14.2 Å². The topological polar surface area (TPSA) is 44.8 Å². The van der Waals surface area contributed by atoms with Crippen molar-refractivity contribution in [3.63, 3.8) is 0 Å². The molecule has 0 aromatic heterocycles. The molecule has 0 N–H and O–H groups in total. The first-order chi connectivity index (χ1) is 9.71. The molecule has 0 atom stereocenters. The molecule has 2 rings (SSSR count). The summed E-state index contributed by atoms with van der Waals surface area (Å²) < 4.78 is 15.6. The van der Waals surface area contributed by atoms with E-state index in [-0.39, 0.29) is 5.78 Å². The Morgan fingerprint density at radius 2 is 1.45 bits per heavy atom. The van der Waals surface area contributed by atoms with Crippen molar-refractivity contribution in [3.8, 4) is 17.2 Å². The lowest BCUT2D eigenvalue weighted by atomic mass is 10.0. The van der Waals surface area contributed by atoms with Gasteiger partial charge in [-0.1, -0.05) is 12.1 Å². The van der Waals surface area contributed by atoms with Crippen LogP contribution in [0.25, 0.3) is 0 Å². The summed E-state index contributed by atoms with van der Waals surface area (Å²) in [7, 11) is 4.63. The van der Waals surface area contributed by atoms with Crippen molar-refractivity contribution < 1.29 is 19.0 Å². The number of benzene rings is 2. The van der Waals surface area contributed by atoms with Gasteiger partial charge in [0.2, 0.25) is 0 Å². The minimum Gasteiger partial charge on any atom is -0.497 e. The van der Waals surface area contributed by atoms with Crippen LogP contribution in [0.5, 0.6) is 17.2 Å². The minimum absolute atomic E-state index is 0.151. The van der Waals surface area contributed by atoms with E-state index in [0.29, 0.717) is 28.4 Å². The average molecular weight is 272 g/mol. The van der Waals surface area contributed by atoms with Gasteiger partial charge in [-0.3, -0.25) is 4.79 Å². The predicted molar refractivity (Wildman–Crippen MR) is 76.0 cm³/mol. The normalized spacial score (nSPS) is 9.95. The second kappa shape index (κ2) is 6.10. The first-order valence-corrected chi connectivity index (χ1v) is 6.11. The Morgan fingerprint density at radius 3 is 2.10 bits per heavy atom. The van der Waals surface area contributed by atoms with Crippen molar-refractivity contribution in [2.24, 2.45) is 0 Å². The number of carbonyl (C=O) groups is 1. The van der Waals surface area contributed by atoms with Crippen molar-refractivity contribution in [2.45, 2.75) is 0 Å². The molecular weight excluding hydrogens is 256 g/mol. The molecule has 2 aromatic rings. The average Bonchev–Trinajstić information content (AvgIpc) is 2.53. The minimum atomic E-state index is -0.151. The van der Waals surface area contributed by atoms with Crippen LogP contribution in [0.1, 0.15) is 15.9 Å². The second-order valence-corrected chi connectivity index (χ2v) is 4.10. The molecule has 0 bridgehead atoms. The largest absolute Gasteiger partial charge is 0.497 e. The molecule has 0 radical (unpaired) electrons. The van der Waals surface area contributed by atoms with E-state index < -0.39 is 0 Å². The lowest BCUT2D eigenvalue weighted by Crippen LogP contribution is -2.06. The maximum Gasteiger partial charge on any atom is 0.200 e. The van der Waals surface area contributed by atoms with Gasteiger partial charge < -0.3 is 14.2 Å². The Kier molecular flexibility index (Phi) is 4.25. The number of carbonyl (C=O) groups excluding carboxylic acids is 1. The van der Waals surface area contributed by atoms with Gasteiger partial charge in [-0.2, -0.15) is 0 Å². The number of rotatable bonds is 5. The molecule has 20 heavy (non-hydrogen) atoms. The molecule has 0 saturated carbocycles. The van der Waals surface area contributed by atoms with Gasteiger partial charge in [0.05, 0.1) is 32.5 Å². The highest BCUT2D eigenvalue weighted by Crippen LogP contribution is 2.29. The summed E-state index contributed by atoms with van der Waals surface area (Å²) in [5.74, 6) is 1.50. The molecule has 0 saturated heterocycles. The third-order valence-electron chi connectivity index (χ3n) is 3.00. The van der Waals surface area contributed by atoms with Gasteiger partial charge in [-0.25, -0.2) is 0 Å². The van der Waals surface area contributed by atoms with Gasteiger partial charge in [0.25, 0.3) is 0 Å². The van der Waals surface area contributed by atoms with Crippen LogP contribution in [0.4, 0.5) is 0 Å². The summed E-state index contributed by atoms with van der Waals surface area (Å²) in [6.07, 6.45) is 0. The molecule has 4 heteroatoms. The van der Waals surface area contributed by atoms with E-state index in [2.05, 4.69) is 0 Å². The van der Waals surface area contributed by atoms with Crippen LogP contribution in [0.15, 0.2) is 42.5 Å². The number of para-hydroxylation sites is 1.